The molecule has 5 aliphatic rings. The van der Waals surface area contributed by atoms with Gasteiger partial charge in [-0.25, -0.2) is 9.78 Å². The molecule has 0 saturated carbocycles. The van der Waals surface area contributed by atoms with E-state index in [4.69, 9.17) is 9.82 Å². The second-order valence-electron chi connectivity index (χ2n) is 15.7. The van der Waals surface area contributed by atoms with Gasteiger partial charge in [-0.1, -0.05) is 6.58 Å². The fourth-order valence-corrected chi connectivity index (χ4v) is 9.29. The normalized spacial score (nSPS) is 20.8. The number of amides is 1. The number of likely N-dealkylation sites (tertiary alicyclic amines) is 1. The maximum atomic E-state index is 12.8. The topological polar surface area (TPSA) is 110 Å². The third kappa shape index (κ3) is 5.75. The van der Waals surface area contributed by atoms with Crippen LogP contribution in [0.3, 0.4) is 0 Å². The van der Waals surface area contributed by atoms with E-state index in [1.54, 1.807) is 7.11 Å². The largest absolute Gasteiger partial charge is 0.417 e. The van der Waals surface area contributed by atoms with Crippen LogP contribution >= 0.6 is 0 Å². The van der Waals surface area contributed by atoms with Gasteiger partial charge in [0.05, 0.1) is 12.4 Å². The molecule has 4 aromatic rings. The summed E-state index contributed by atoms with van der Waals surface area (Å²) < 4.78 is 1.81. The van der Waals surface area contributed by atoms with Crippen LogP contribution in [0, 0.1) is 5.41 Å². The number of nitrogens with one attached hydrogen (secondary N) is 3. The van der Waals surface area contributed by atoms with E-state index in [1.165, 1.54) is 17.7 Å². The lowest BCUT2D eigenvalue weighted by atomic mass is 9.71. The predicted molar refractivity (Wildman–Crippen MR) is 214 cm³/mol. The summed E-state index contributed by atoms with van der Waals surface area (Å²) in [5.74, 6) is 3.07. The van der Waals surface area contributed by atoms with E-state index in [-0.39, 0.29) is 11.9 Å². The zero-order valence-corrected chi connectivity index (χ0v) is 31.5. The van der Waals surface area contributed by atoms with Crippen LogP contribution in [-0.2, 0) is 22.7 Å². The maximum Gasteiger partial charge on any atom is 0.246 e. The molecule has 280 valence electrons. The molecule has 12 nitrogen and oxygen atoms in total. The molecule has 4 saturated heterocycles. The van der Waals surface area contributed by atoms with Gasteiger partial charge < -0.3 is 35.5 Å². The first-order valence-corrected chi connectivity index (χ1v) is 19.2. The smallest absolute Gasteiger partial charge is 0.246 e. The Kier molecular flexibility index (Phi) is 8.54. The van der Waals surface area contributed by atoms with Crippen LogP contribution in [0.5, 0.6) is 0 Å². The number of anilines is 4. The molecule has 1 atom stereocenters. The van der Waals surface area contributed by atoms with Crippen molar-refractivity contribution < 1.29 is 14.4 Å². The molecule has 7 heterocycles. The van der Waals surface area contributed by atoms with Gasteiger partial charge >= 0.3 is 0 Å². The molecule has 1 unspecified atom stereocenters. The van der Waals surface area contributed by atoms with Crippen molar-refractivity contribution in [2.45, 2.75) is 51.2 Å². The highest BCUT2D eigenvalue weighted by atomic mass is 16.6. The summed E-state index contributed by atoms with van der Waals surface area (Å²) in [6.07, 6.45) is 8.89. The average Bonchev–Trinajstić information content (AvgIpc) is 3.71. The van der Waals surface area contributed by atoms with E-state index in [2.05, 4.69) is 79.7 Å². The lowest BCUT2D eigenvalue weighted by molar-refractivity contribution is -0.125. The Morgan fingerprint density at radius 1 is 1.02 bits per heavy atom. The van der Waals surface area contributed by atoms with E-state index in [0.29, 0.717) is 30.5 Å². The van der Waals surface area contributed by atoms with Gasteiger partial charge in [-0.15, -0.1) is 0 Å². The molecule has 0 radical (unpaired) electrons. The molecule has 1 spiro atoms. The molecule has 2 aromatic heterocycles. The van der Waals surface area contributed by atoms with Crippen LogP contribution in [0.15, 0.2) is 61.1 Å². The lowest BCUT2D eigenvalue weighted by Gasteiger charge is -2.55. The first-order valence-electron chi connectivity index (χ1n) is 19.2. The van der Waals surface area contributed by atoms with Gasteiger partial charge in [-0.2, -0.15) is 4.73 Å². The molecular formula is C42H49N9O3. The van der Waals surface area contributed by atoms with Crippen molar-refractivity contribution in [1.82, 2.24) is 24.8 Å². The highest BCUT2D eigenvalue weighted by molar-refractivity contribution is 5.98. The molecular weight excluding hydrogens is 679 g/mol. The number of aromatic nitrogens is 2. The zero-order valence-electron chi connectivity index (χ0n) is 31.5. The third-order valence-corrected chi connectivity index (χ3v) is 12.6. The number of hydrogen-bond donors (Lipinski definition) is 3. The Bertz CT molecular complexity index is 2180. The summed E-state index contributed by atoms with van der Waals surface area (Å²) in [4.78, 5) is 44.6. The van der Waals surface area contributed by atoms with Crippen LogP contribution in [0.2, 0.25) is 0 Å². The fraction of sp³-hybridized carbons (Fsp3) is 0.429. The quantitative estimate of drug-likeness (QED) is 0.205. The SMILES string of the molecule is C=C1CCC(N2Cc3cc(N4CC5(CCN(Cc6c(NC)cc(-c7cn(OC)c8cnc(N9CCC9)cc78)cc6NC)CC5)C4)ccc3C2=C=O)C(=O)N1. The van der Waals surface area contributed by atoms with Crippen LogP contribution in [-0.4, -0.2) is 97.9 Å². The van der Waals surface area contributed by atoms with Crippen LogP contribution < -0.4 is 30.6 Å². The molecule has 2 aromatic carbocycles. The Morgan fingerprint density at radius 2 is 1.78 bits per heavy atom. The molecule has 54 heavy (non-hydrogen) atoms. The minimum Gasteiger partial charge on any atom is -0.417 e. The number of pyridine rings is 1. The number of carbonyl (C=O) groups excluding carboxylic acids is 2. The molecule has 1 amide bonds. The van der Waals surface area contributed by atoms with Gasteiger partial charge in [0.1, 0.15) is 30.2 Å². The summed E-state index contributed by atoms with van der Waals surface area (Å²) in [7, 11) is 5.72. The Labute approximate surface area is 316 Å². The minimum atomic E-state index is -0.378. The van der Waals surface area contributed by atoms with Crippen molar-refractivity contribution >= 4 is 51.3 Å². The molecule has 0 bridgehead atoms. The van der Waals surface area contributed by atoms with E-state index >= 15 is 0 Å². The molecule has 3 N–H and O–H groups in total. The Hall–Kier alpha value is -5.45. The lowest BCUT2D eigenvalue weighted by Crippen LogP contribution is -2.60. The second-order valence-corrected chi connectivity index (χ2v) is 15.7. The zero-order chi connectivity index (χ0) is 37.1. The van der Waals surface area contributed by atoms with Crippen molar-refractivity contribution in [3.63, 3.8) is 0 Å². The predicted octanol–water partition coefficient (Wildman–Crippen LogP) is 4.94. The molecule has 12 heteroatoms. The fourth-order valence-electron chi connectivity index (χ4n) is 9.29. The van der Waals surface area contributed by atoms with Crippen molar-refractivity contribution in [3.05, 3.63) is 77.8 Å². The van der Waals surface area contributed by atoms with Gasteiger partial charge in [0, 0.05) is 104 Å². The van der Waals surface area contributed by atoms with E-state index in [1.807, 2.05) is 36.0 Å². The van der Waals surface area contributed by atoms with Gasteiger partial charge in [0.25, 0.3) is 0 Å². The second kappa shape index (κ2) is 13.4. The van der Waals surface area contributed by atoms with Crippen molar-refractivity contribution in [2.24, 2.45) is 5.41 Å². The van der Waals surface area contributed by atoms with Gasteiger partial charge in [-0.05, 0) is 92.7 Å². The number of nitrogens with zero attached hydrogens (tertiary/aromatic N) is 6. The number of rotatable bonds is 9. The first-order chi connectivity index (χ1) is 26.3. The molecule has 0 aliphatic carbocycles. The highest BCUT2D eigenvalue weighted by Gasteiger charge is 2.45. The summed E-state index contributed by atoms with van der Waals surface area (Å²) in [5, 5.41) is 11.0. The van der Waals surface area contributed by atoms with Crippen LogP contribution in [0.4, 0.5) is 22.9 Å². The van der Waals surface area contributed by atoms with Crippen molar-refractivity contribution in [1.29, 1.82) is 0 Å². The van der Waals surface area contributed by atoms with E-state index < -0.39 is 0 Å². The standard InChI is InChI=1S/C42H49N9O3/c1-27-6-9-37(41(53)46-27)50-21-29-16-30(7-8-31(29)39(50)24-52)49-25-42(26-49)10-14-47(15-11-42)22-34-35(43-2)17-28(18-36(34)44-3)33-23-51(54-4)38-20-45-40(19-32(33)38)48-12-5-13-48/h7-8,16-20,23,37,43-44H,1,5-6,9-15,21-22,25-26H2,2-4H3,(H,46,53). The van der Waals surface area contributed by atoms with E-state index in [0.717, 1.165) is 115 Å². The Morgan fingerprint density at radius 3 is 2.43 bits per heavy atom. The maximum absolute atomic E-state index is 12.8. The van der Waals surface area contributed by atoms with Gasteiger partial charge in [0.2, 0.25) is 5.91 Å². The highest BCUT2D eigenvalue weighted by Crippen LogP contribution is 2.45. The average molecular weight is 728 g/mol. The minimum absolute atomic E-state index is 0.0924. The monoisotopic (exact) mass is 727 g/mol. The van der Waals surface area contributed by atoms with Crippen molar-refractivity contribution in [3.8, 4) is 11.1 Å². The number of hydrogen-bond acceptors (Lipinski definition) is 10. The van der Waals surface area contributed by atoms with Gasteiger partial charge in [-0.3, -0.25) is 9.69 Å². The summed E-state index contributed by atoms with van der Waals surface area (Å²) in [5.41, 5.74) is 11.4. The molecule has 4 fully saturated rings. The third-order valence-electron chi connectivity index (χ3n) is 12.6. The first kappa shape index (κ1) is 34.3. The van der Waals surface area contributed by atoms with Crippen molar-refractivity contribution in [2.75, 3.05) is 80.9 Å². The molecule has 5 aliphatic heterocycles. The van der Waals surface area contributed by atoms with E-state index in [9.17, 15) is 9.59 Å². The van der Waals surface area contributed by atoms with Gasteiger partial charge in [0.15, 0.2) is 5.94 Å². The summed E-state index contributed by atoms with van der Waals surface area (Å²) in [6, 6.07) is 12.7. The number of piperidine rings is 2. The summed E-state index contributed by atoms with van der Waals surface area (Å²) >= 11 is 0. The summed E-state index contributed by atoms with van der Waals surface area (Å²) in [6.45, 7) is 11.6. The number of benzene rings is 2. The number of carbonyl (C=O) groups is 1. The number of allylic oxidation sites excluding steroid dienone is 1. The number of fused-ring (bicyclic) bond motifs is 2. The Balaban J connectivity index is 0.869. The van der Waals surface area contributed by atoms with Crippen LogP contribution in [0.1, 0.15) is 48.8 Å². The molecule has 9 rings (SSSR count). The van der Waals surface area contributed by atoms with Crippen LogP contribution in [0.25, 0.3) is 27.7 Å².